The van der Waals surface area contributed by atoms with Crippen LogP contribution in [0.1, 0.15) is 48.2 Å². The summed E-state index contributed by atoms with van der Waals surface area (Å²) in [5, 5.41) is 9.39. The second-order valence-electron chi connectivity index (χ2n) is 14.8. The van der Waals surface area contributed by atoms with E-state index >= 15 is 0 Å². The Kier molecular flexibility index (Phi) is 11.7. The van der Waals surface area contributed by atoms with Gasteiger partial charge in [-0.3, -0.25) is 9.59 Å². The van der Waals surface area contributed by atoms with Crippen LogP contribution in [0.3, 0.4) is 0 Å². The molecule has 0 unspecified atom stereocenters. The predicted molar refractivity (Wildman–Crippen MR) is 244 cm³/mol. The van der Waals surface area contributed by atoms with Crippen molar-refractivity contribution in [3.05, 3.63) is 190 Å². The molecule has 10 rings (SSSR count). The summed E-state index contributed by atoms with van der Waals surface area (Å²) in [4.78, 5) is 46.7. The van der Waals surface area contributed by atoms with Crippen LogP contribution in [0.2, 0.25) is 10.0 Å². The minimum absolute atomic E-state index is 0.0598. The highest BCUT2D eigenvalue weighted by Gasteiger charge is 2.37. The Morgan fingerprint density at radius 1 is 0.533 bits per heavy atom. The van der Waals surface area contributed by atoms with E-state index in [1.54, 1.807) is 12.1 Å². The Bertz CT molecular complexity index is 2630. The van der Waals surface area contributed by atoms with E-state index < -0.39 is 12.1 Å². The SMILES string of the molecule is CC(C)=O.O=C1Nc2cc(Cl)ccc2N(Cc2ccccc2)[C@@H]1c1c[nH]c2ccccc12.O=C1Nc2cc(Cl)ccc2N(Cc2ccccc2)[C@H]1c1c[nH]c2ccccc12. The lowest BCUT2D eigenvalue weighted by Crippen LogP contribution is -2.41. The Morgan fingerprint density at radius 3 is 1.30 bits per heavy atom. The summed E-state index contributed by atoms with van der Waals surface area (Å²) >= 11 is 12.3. The number of fused-ring (bicyclic) bond motifs is 4. The third kappa shape index (κ3) is 8.50. The number of hydrogen-bond donors (Lipinski definition) is 4. The van der Waals surface area contributed by atoms with E-state index in [1.807, 2.05) is 122 Å². The molecule has 2 amide bonds. The van der Waals surface area contributed by atoms with Crippen LogP contribution in [-0.4, -0.2) is 27.6 Å². The molecule has 0 spiro atoms. The number of aromatic nitrogens is 2. The molecule has 9 nitrogen and oxygen atoms in total. The van der Waals surface area contributed by atoms with Gasteiger partial charge in [0.15, 0.2) is 0 Å². The van der Waals surface area contributed by atoms with E-state index in [4.69, 9.17) is 23.2 Å². The lowest BCUT2D eigenvalue weighted by molar-refractivity contribution is -0.118. The summed E-state index contributed by atoms with van der Waals surface area (Å²) in [5.74, 6) is 0.0471. The maximum Gasteiger partial charge on any atom is 0.251 e. The van der Waals surface area contributed by atoms with Crippen LogP contribution in [0.5, 0.6) is 0 Å². The lowest BCUT2D eigenvalue weighted by Gasteiger charge is -2.38. The number of H-pyrrole nitrogens is 2. The van der Waals surface area contributed by atoms with Gasteiger partial charge in [0, 0.05) is 68.5 Å². The van der Waals surface area contributed by atoms with Crippen molar-refractivity contribution in [1.82, 2.24) is 9.97 Å². The first kappa shape index (κ1) is 40.0. The smallest absolute Gasteiger partial charge is 0.251 e. The van der Waals surface area contributed by atoms with Gasteiger partial charge in [-0.1, -0.05) is 120 Å². The third-order valence-electron chi connectivity index (χ3n) is 10.4. The zero-order valence-corrected chi connectivity index (χ0v) is 34.5. The molecule has 0 aliphatic carbocycles. The molecule has 0 bridgehead atoms. The molecule has 2 aliphatic heterocycles. The van der Waals surface area contributed by atoms with Gasteiger partial charge in [-0.15, -0.1) is 0 Å². The second-order valence-corrected chi connectivity index (χ2v) is 15.7. The molecule has 2 aliphatic rings. The number of benzene rings is 6. The summed E-state index contributed by atoms with van der Waals surface area (Å²) in [6.07, 6.45) is 3.88. The van der Waals surface area contributed by atoms with E-state index in [9.17, 15) is 14.4 Å². The van der Waals surface area contributed by atoms with E-state index in [-0.39, 0.29) is 17.6 Å². The average Bonchev–Trinajstić information content (AvgIpc) is 3.86. The molecule has 4 heterocycles. The standard InChI is InChI=1S/2C23H18ClN3O.C3H6O/c2*24-16-10-11-21-20(12-16)26-23(28)22(27(21)14-15-6-2-1-3-7-15)18-13-25-19-9-5-4-8-17(18)19;1-3(2)4/h2*1-13,22,25H,14H2,(H,26,28);1-2H3/t2*22-;/m10./s1. The number of hydrogen-bond acceptors (Lipinski definition) is 5. The third-order valence-corrected chi connectivity index (χ3v) is 10.9. The molecule has 300 valence electrons. The Morgan fingerprint density at radius 2 is 0.900 bits per heavy atom. The highest BCUT2D eigenvalue weighted by molar-refractivity contribution is 6.31. The quantitative estimate of drug-likeness (QED) is 0.133. The number of rotatable bonds is 6. The van der Waals surface area contributed by atoms with Gasteiger partial charge in [-0.05, 0) is 73.5 Å². The largest absolute Gasteiger partial charge is 0.361 e. The highest BCUT2D eigenvalue weighted by atomic mass is 35.5. The average molecular weight is 834 g/mol. The fraction of sp³-hybridized carbons (Fsp3) is 0.122. The zero-order valence-electron chi connectivity index (χ0n) is 33.0. The van der Waals surface area contributed by atoms with Gasteiger partial charge in [0.1, 0.15) is 17.9 Å². The molecule has 60 heavy (non-hydrogen) atoms. The van der Waals surface area contributed by atoms with Gasteiger partial charge in [0.25, 0.3) is 11.8 Å². The summed E-state index contributed by atoms with van der Waals surface area (Å²) in [5.41, 5.74) is 9.65. The topological polar surface area (TPSA) is 113 Å². The Labute approximate surface area is 357 Å². The number of Topliss-reactive ketones (excluding diaryl/α,β-unsaturated/α-hetero) is 1. The normalized spacial score (nSPS) is 15.5. The van der Waals surface area contributed by atoms with Gasteiger partial charge in [0.2, 0.25) is 0 Å². The lowest BCUT2D eigenvalue weighted by atomic mass is 9.98. The Hall–Kier alpha value is -6.81. The van der Waals surface area contributed by atoms with Crippen LogP contribution < -0.4 is 20.4 Å². The van der Waals surface area contributed by atoms with Gasteiger partial charge >= 0.3 is 0 Å². The number of nitrogens with zero attached hydrogens (tertiary/aromatic N) is 2. The van der Waals surface area contributed by atoms with Crippen molar-refractivity contribution in [1.29, 1.82) is 0 Å². The van der Waals surface area contributed by atoms with Crippen molar-refractivity contribution < 1.29 is 14.4 Å². The van der Waals surface area contributed by atoms with Gasteiger partial charge in [0.05, 0.1) is 22.7 Å². The van der Waals surface area contributed by atoms with Crippen LogP contribution >= 0.6 is 23.2 Å². The van der Waals surface area contributed by atoms with E-state index in [2.05, 4.69) is 54.7 Å². The first-order valence-corrected chi connectivity index (χ1v) is 20.3. The fourth-order valence-electron chi connectivity index (χ4n) is 7.85. The molecule has 0 saturated heterocycles. The number of amides is 2. The van der Waals surface area contributed by atoms with Crippen molar-refractivity contribution in [2.45, 2.75) is 39.0 Å². The second kappa shape index (κ2) is 17.6. The van der Waals surface area contributed by atoms with Crippen LogP contribution in [0.15, 0.2) is 158 Å². The van der Waals surface area contributed by atoms with Crippen LogP contribution in [0.25, 0.3) is 21.8 Å². The summed E-state index contributed by atoms with van der Waals surface area (Å²) in [6.45, 7) is 4.29. The first-order chi connectivity index (χ1) is 29.1. The number of para-hydroxylation sites is 2. The van der Waals surface area contributed by atoms with Crippen molar-refractivity contribution in [3.63, 3.8) is 0 Å². The predicted octanol–water partition coefficient (Wildman–Crippen LogP) is 11.6. The summed E-state index contributed by atoms with van der Waals surface area (Å²) < 4.78 is 0. The van der Waals surface area contributed by atoms with E-state index in [1.165, 1.54) is 13.8 Å². The first-order valence-electron chi connectivity index (χ1n) is 19.6. The van der Waals surface area contributed by atoms with E-state index in [0.29, 0.717) is 23.1 Å². The maximum absolute atomic E-state index is 13.2. The molecule has 11 heteroatoms. The molecule has 6 aromatic carbocycles. The van der Waals surface area contributed by atoms with Gasteiger partial charge in [-0.2, -0.15) is 0 Å². The minimum Gasteiger partial charge on any atom is -0.361 e. The number of ketones is 1. The molecule has 0 saturated carbocycles. The molecule has 0 fully saturated rings. The number of aromatic amines is 2. The molecule has 0 radical (unpaired) electrons. The zero-order chi connectivity index (χ0) is 41.8. The molecule has 2 aromatic heterocycles. The number of carbonyl (C=O) groups is 3. The molecule has 8 aromatic rings. The number of halogens is 2. The van der Waals surface area contributed by atoms with Crippen LogP contribution in [0, 0.1) is 0 Å². The maximum atomic E-state index is 13.2. The minimum atomic E-state index is -0.440. The van der Waals surface area contributed by atoms with Crippen molar-refractivity contribution >= 4 is 85.4 Å². The van der Waals surface area contributed by atoms with Gasteiger partial charge < -0.3 is 35.2 Å². The number of carbonyl (C=O) groups excluding carboxylic acids is 3. The molecule has 4 N–H and O–H groups in total. The summed E-state index contributed by atoms with van der Waals surface area (Å²) in [7, 11) is 0. The molecule has 2 atom stereocenters. The van der Waals surface area contributed by atoms with Gasteiger partial charge in [-0.25, -0.2) is 0 Å². The number of nitrogens with one attached hydrogen (secondary N) is 4. The monoisotopic (exact) mass is 832 g/mol. The van der Waals surface area contributed by atoms with Crippen LogP contribution in [0.4, 0.5) is 22.7 Å². The molecular formula is C49H42Cl2N6O3. The van der Waals surface area contributed by atoms with Crippen molar-refractivity contribution in [2.24, 2.45) is 0 Å². The fourth-order valence-corrected chi connectivity index (χ4v) is 8.20. The number of anilines is 4. The van der Waals surface area contributed by atoms with Crippen LogP contribution in [-0.2, 0) is 27.5 Å². The Balaban J connectivity index is 0.000000153. The van der Waals surface area contributed by atoms with Crippen molar-refractivity contribution in [2.75, 3.05) is 20.4 Å². The van der Waals surface area contributed by atoms with Crippen molar-refractivity contribution in [3.8, 4) is 0 Å². The highest BCUT2D eigenvalue weighted by Crippen LogP contribution is 2.44. The summed E-state index contributed by atoms with van der Waals surface area (Å²) in [6, 6.07) is 46.9. The molecular weight excluding hydrogens is 791 g/mol. The van der Waals surface area contributed by atoms with E-state index in [0.717, 1.165) is 66.8 Å².